The van der Waals surface area contributed by atoms with Gasteiger partial charge in [0.2, 0.25) is 5.43 Å². The number of nitrogens with zero attached hydrogens (tertiary/aromatic N) is 2. The second-order valence-corrected chi connectivity index (χ2v) is 8.93. The molecular formula is C25H19F3N4O3S. The van der Waals surface area contributed by atoms with Gasteiger partial charge in [-0.3, -0.25) is 14.7 Å². The molecule has 7 nitrogen and oxygen atoms in total. The van der Waals surface area contributed by atoms with Crippen molar-refractivity contribution in [2.24, 2.45) is 0 Å². The molecule has 1 amide bonds. The first kappa shape index (κ1) is 23.7. The van der Waals surface area contributed by atoms with Crippen LogP contribution < -0.4 is 21.0 Å². The summed E-state index contributed by atoms with van der Waals surface area (Å²) < 4.78 is 45.8. The van der Waals surface area contributed by atoms with Crippen LogP contribution in [0, 0.1) is 5.82 Å². The van der Waals surface area contributed by atoms with Crippen LogP contribution in [0.5, 0.6) is 0 Å². The summed E-state index contributed by atoms with van der Waals surface area (Å²) in [6, 6.07) is 15.2. The number of ether oxygens (including phenoxy) is 1. The summed E-state index contributed by atoms with van der Waals surface area (Å²) in [6.45, 7) is 0.0666. The first-order chi connectivity index (χ1) is 17.3. The van der Waals surface area contributed by atoms with Gasteiger partial charge in [0.15, 0.2) is 5.60 Å². The van der Waals surface area contributed by atoms with Crippen molar-refractivity contribution < 1.29 is 22.7 Å². The van der Waals surface area contributed by atoms with E-state index < -0.39 is 35.0 Å². The summed E-state index contributed by atoms with van der Waals surface area (Å²) in [5.41, 5.74) is 0.516. The molecule has 1 aliphatic heterocycles. The highest BCUT2D eigenvalue weighted by molar-refractivity contribution is 7.80. The number of carbonyl (C=O) groups is 1. The van der Waals surface area contributed by atoms with Gasteiger partial charge >= 0.3 is 6.09 Å². The van der Waals surface area contributed by atoms with E-state index in [1.54, 1.807) is 30.5 Å². The summed E-state index contributed by atoms with van der Waals surface area (Å²) in [7, 11) is 0. The van der Waals surface area contributed by atoms with Crippen LogP contribution >= 0.6 is 12.2 Å². The van der Waals surface area contributed by atoms with E-state index in [0.717, 1.165) is 11.6 Å². The first-order valence-corrected chi connectivity index (χ1v) is 11.4. The van der Waals surface area contributed by atoms with E-state index in [9.17, 15) is 22.8 Å². The Balaban J connectivity index is 1.31. The Morgan fingerprint density at radius 1 is 1.11 bits per heavy atom. The number of hydrogen-bond donors (Lipinski definition) is 2. The third-order valence-electron chi connectivity index (χ3n) is 6.08. The molecule has 36 heavy (non-hydrogen) atoms. The predicted molar refractivity (Wildman–Crippen MR) is 132 cm³/mol. The van der Waals surface area contributed by atoms with Crippen LogP contribution in [-0.2, 0) is 4.74 Å². The molecule has 5 rings (SSSR count). The fraction of sp³-hybridized carbons (Fsp3) is 0.200. The van der Waals surface area contributed by atoms with E-state index >= 15 is 0 Å². The van der Waals surface area contributed by atoms with Crippen molar-refractivity contribution in [2.45, 2.75) is 24.5 Å². The number of benzene rings is 1. The topological polar surface area (TPSA) is 83.6 Å². The number of hydrogen-bond acceptors (Lipinski definition) is 6. The van der Waals surface area contributed by atoms with Crippen LogP contribution in [0.4, 0.5) is 35.0 Å². The van der Waals surface area contributed by atoms with Gasteiger partial charge in [-0.1, -0.05) is 24.4 Å². The predicted octanol–water partition coefficient (Wildman–Crippen LogP) is 4.64. The molecule has 1 saturated carbocycles. The molecular weight excluding hydrogens is 493 g/mol. The van der Waals surface area contributed by atoms with Crippen molar-refractivity contribution in [1.29, 1.82) is 0 Å². The van der Waals surface area contributed by atoms with E-state index in [4.69, 9.17) is 4.74 Å². The number of rotatable bonds is 6. The van der Waals surface area contributed by atoms with Gasteiger partial charge in [-0.2, -0.15) is 0 Å². The van der Waals surface area contributed by atoms with Gasteiger partial charge in [0, 0.05) is 18.2 Å². The lowest BCUT2D eigenvalue weighted by atomic mass is 10.2. The number of anilines is 3. The molecule has 1 aromatic heterocycles. The first-order valence-electron chi connectivity index (χ1n) is 11.0. The van der Waals surface area contributed by atoms with E-state index in [0.29, 0.717) is 12.1 Å². The molecule has 2 heterocycles. The number of thiocarbonyl (C=S) groups is 1. The van der Waals surface area contributed by atoms with Crippen LogP contribution in [-0.4, -0.2) is 40.7 Å². The number of carbonyl (C=O) groups excluding carboxylic acids is 1. The van der Waals surface area contributed by atoms with E-state index in [1.165, 1.54) is 23.1 Å². The smallest absolute Gasteiger partial charge is 0.415 e. The zero-order valence-corrected chi connectivity index (χ0v) is 19.4. The van der Waals surface area contributed by atoms with Gasteiger partial charge in [0.25, 0.3) is 6.43 Å². The molecule has 1 aliphatic carbocycles. The molecule has 1 saturated heterocycles. The average Bonchev–Trinajstić information content (AvgIpc) is 3.46. The van der Waals surface area contributed by atoms with Gasteiger partial charge in [-0.05, 0) is 48.5 Å². The van der Waals surface area contributed by atoms with E-state index in [1.807, 2.05) is 12.1 Å². The highest BCUT2D eigenvalue weighted by Crippen LogP contribution is 2.46. The molecule has 1 spiro atoms. The van der Waals surface area contributed by atoms with Gasteiger partial charge in [0.1, 0.15) is 10.8 Å². The maximum absolute atomic E-state index is 15.0. The zero-order chi connectivity index (χ0) is 25.4. The highest BCUT2D eigenvalue weighted by atomic mass is 32.1. The monoisotopic (exact) mass is 512 g/mol. The minimum Gasteiger partial charge on any atom is -0.438 e. The van der Waals surface area contributed by atoms with Crippen molar-refractivity contribution in [3.05, 3.63) is 82.9 Å². The maximum Gasteiger partial charge on any atom is 0.415 e. The van der Waals surface area contributed by atoms with Crippen LogP contribution in [0.2, 0.25) is 0 Å². The summed E-state index contributed by atoms with van der Waals surface area (Å²) >= 11 is 4.60. The standard InChI is InChI=1S/C25H19F3N4O3S/c26-16-11-15(32-13-25(35-24(32)34)12-21(25)31-23(36)22(27)28)6-8-18(16)30-19-7-4-14(5-9-20(19)33)17-3-1-2-10-29-17/h1-11,21-22H,12-13H2,(H,30,33)(H,31,36). The molecule has 2 N–H and O–H groups in total. The Labute approximate surface area is 208 Å². The summed E-state index contributed by atoms with van der Waals surface area (Å²) in [4.78, 5) is 29.8. The Kier molecular flexibility index (Phi) is 6.09. The van der Waals surface area contributed by atoms with Crippen molar-refractivity contribution in [3.8, 4) is 11.3 Å². The molecule has 2 fully saturated rings. The van der Waals surface area contributed by atoms with Crippen molar-refractivity contribution in [2.75, 3.05) is 16.8 Å². The minimum absolute atomic E-state index is 0.0389. The minimum atomic E-state index is -2.80. The molecule has 2 atom stereocenters. The third kappa shape index (κ3) is 4.61. The molecule has 11 heteroatoms. The maximum atomic E-state index is 15.0. The lowest BCUT2D eigenvalue weighted by Gasteiger charge is -2.15. The molecule has 184 valence electrons. The molecule has 0 bridgehead atoms. The number of nitrogens with one attached hydrogen (secondary N) is 2. The van der Waals surface area contributed by atoms with Gasteiger partial charge < -0.3 is 15.4 Å². The summed E-state index contributed by atoms with van der Waals surface area (Å²) in [5.74, 6) is -0.693. The van der Waals surface area contributed by atoms with Gasteiger partial charge in [0.05, 0.1) is 35.3 Å². The lowest BCUT2D eigenvalue weighted by molar-refractivity contribution is 0.124. The number of amides is 1. The fourth-order valence-electron chi connectivity index (χ4n) is 4.07. The summed E-state index contributed by atoms with van der Waals surface area (Å²) in [6.07, 6.45) is -1.54. The Morgan fingerprint density at radius 3 is 2.61 bits per heavy atom. The largest absolute Gasteiger partial charge is 0.438 e. The fourth-order valence-corrected chi connectivity index (χ4v) is 4.22. The van der Waals surface area contributed by atoms with Crippen LogP contribution in [0.3, 0.4) is 0 Å². The number of pyridine rings is 1. The second-order valence-electron chi connectivity index (χ2n) is 8.49. The van der Waals surface area contributed by atoms with Crippen molar-refractivity contribution in [3.63, 3.8) is 0 Å². The average molecular weight is 513 g/mol. The quantitative estimate of drug-likeness (QED) is 0.466. The van der Waals surface area contributed by atoms with Crippen LogP contribution in [0.15, 0.2) is 71.7 Å². The third-order valence-corrected chi connectivity index (χ3v) is 6.38. The lowest BCUT2D eigenvalue weighted by Crippen LogP contribution is -2.36. The molecule has 3 aromatic rings. The highest BCUT2D eigenvalue weighted by Gasteiger charge is 2.64. The Morgan fingerprint density at radius 2 is 1.89 bits per heavy atom. The van der Waals surface area contributed by atoms with Gasteiger partial charge in [-0.25, -0.2) is 18.0 Å². The molecule has 0 radical (unpaired) electrons. The van der Waals surface area contributed by atoms with Crippen molar-refractivity contribution >= 4 is 40.4 Å². The molecule has 2 aliphatic rings. The number of halogens is 3. The molecule has 2 unspecified atom stereocenters. The van der Waals surface area contributed by atoms with Gasteiger partial charge in [-0.15, -0.1) is 0 Å². The van der Waals surface area contributed by atoms with Crippen LogP contribution in [0.1, 0.15) is 6.42 Å². The summed E-state index contributed by atoms with van der Waals surface area (Å²) in [5, 5.41) is 5.31. The SMILES string of the molecule is O=C1OC2(CC2NC(=S)C(F)F)CN1c1ccc(Nc2ccc(-c3ccccn3)ccc2=O)c(F)c1. The molecule has 2 aromatic carbocycles. The zero-order valence-electron chi connectivity index (χ0n) is 18.6. The van der Waals surface area contributed by atoms with Crippen molar-refractivity contribution in [1.82, 2.24) is 10.3 Å². The Hall–Kier alpha value is -3.99. The Bertz CT molecular complexity index is 1410. The van der Waals surface area contributed by atoms with E-state index in [2.05, 4.69) is 27.8 Å². The van der Waals surface area contributed by atoms with Crippen LogP contribution in [0.25, 0.3) is 11.3 Å². The number of alkyl halides is 2. The number of aromatic nitrogens is 1. The second kappa shape index (κ2) is 9.23. The normalized spacial score (nSPS) is 20.4. The van der Waals surface area contributed by atoms with E-state index in [-0.39, 0.29) is 29.0 Å².